The number of amides is 2. The van der Waals surface area contributed by atoms with Crippen LogP contribution >= 0.6 is 0 Å². The first-order chi connectivity index (χ1) is 12.1. The Morgan fingerprint density at radius 1 is 1.28 bits per heavy atom. The Kier molecular flexibility index (Phi) is 4.45. The highest BCUT2D eigenvalue weighted by atomic mass is 19.1. The van der Waals surface area contributed by atoms with Crippen LogP contribution in [0.25, 0.3) is 0 Å². The van der Waals surface area contributed by atoms with E-state index in [-0.39, 0.29) is 23.9 Å². The van der Waals surface area contributed by atoms with E-state index in [1.807, 2.05) is 0 Å². The third kappa shape index (κ3) is 3.40. The number of oxazole rings is 1. The van der Waals surface area contributed by atoms with E-state index in [0.29, 0.717) is 56.8 Å². The molecule has 136 valence electrons. The molecule has 0 aromatic carbocycles. The Labute approximate surface area is 144 Å². The number of aromatic nitrogens is 1. The Hall–Kier alpha value is -1.96. The van der Waals surface area contributed by atoms with Crippen LogP contribution in [0.5, 0.6) is 0 Å². The van der Waals surface area contributed by atoms with E-state index < -0.39 is 12.1 Å². The molecule has 1 aliphatic carbocycles. The lowest BCUT2D eigenvalue weighted by molar-refractivity contribution is -0.142. The number of ether oxygens (including phenoxy) is 1. The third-order valence-electron chi connectivity index (χ3n) is 5.14. The number of hydrogen-bond acceptors (Lipinski definition) is 5. The fourth-order valence-corrected chi connectivity index (χ4v) is 3.76. The lowest BCUT2D eigenvalue weighted by Gasteiger charge is -2.27. The van der Waals surface area contributed by atoms with Crippen molar-refractivity contribution in [3.8, 4) is 0 Å². The predicted octanol–water partition coefficient (Wildman–Crippen LogP) is 1.36. The number of carbonyl (C=O) groups excluding carboxylic acids is 2. The van der Waals surface area contributed by atoms with Gasteiger partial charge in [-0.05, 0) is 32.1 Å². The minimum atomic E-state index is -0.847. The van der Waals surface area contributed by atoms with Gasteiger partial charge in [0.2, 0.25) is 0 Å². The summed E-state index contributed by atoms with van der Waals surface area (Å²) < 4.78 is 24.2. The molecule has 0 radical (unpaired) electrons. The monoisotopic (exact) mass is 351 g/mol. The van der Waals surface area contributed by atoms with Crippen LogP contribution in [0.4, 0.5) is 4.39 Å². The Balaban J connectivity index is 1.40. The van der Waals surface area contributed by atoms with Crippen LogP contribution in [0.2, 0.25) is 0 Å². The number of carbonyl (C=O) groups is 2. The molecule has 7 nitrogen and oxygen atoms in total. The average Bonchev–Trinajstić information content (AvgIpc) is 3.34. The number of nitrogens with one attached hydrogen (secondary N) is 1. The van der Waals surface area contributed by atoms with Gasteiger partial charge in [-0.3, -0.25) is 9.59 Å². The summed E-state index contributed by atoms with van der Waals surface area (Å²) in [6, 6.07) is -0.163. The molecule has 8 heteroatoms. The molecule has 2 fully saturated rings. The number of rotatable bonds is 3. The molecule has 3 atom stereocenters. The quantitative estimate of drug-likeness (QED) is 0.889. The van der Waals surface area contributed by atoms with E-state index in [1.54, 1.807) is 4.90 Å². The number of nitrogens with zero attached hydrogens (tertiary/aromatic N) is 2. The molecule has 3 heterocycles. The summed E-state index contributed by atoms with van der Waals surface area (Å²) in [6.07, 6.45) is 2.45. The van der Waals surface area contributed by atoms with Gasteiger partial charge < -0.3 is 19.4 Å². The first kappa shape index (κ1) is 16.5. The maximum Gasteiger partial charge on any atom is 0.307 e. The van der Waals surface area contributed by atoms with Crippen molar-refractivity contribution >= 4 is 11.8 Å². The molecular weight excluding hydrogens is 329 g/mol. The highest BCUT2D eigenvalue weighted by Gasteiger charge is 2.33. The summed E-state index contributed by atoms with van der Waals surface area (Å²) >= 11 is 0. The molecule has 2 amide bonds. The van der Waals surface area contributed by atoms with Crippen molar-refractivity contribution in [3.63, 3.8) is 0 Å². The second-order valence-electron chi connectivity index (χ2n) is 6.98. The van der Waals surface area contributed by atoms with Gasteiger partial charge in [0.15, 0.2) is 0 Å². The van der Waals surface area contributed by atoms with Crippen LogP contribution in [0.15, 0.2) is 4.42 Å². The molecule has 1 saturated heterocycles. The Morgan fingerprint density at radius 2 is 2.16 bits per heavy atom. The maximum atomic E-state index is 13.2. The Bertz CT molecular complexity index is 671. The standard InChI is InChI=1S/C17H22FN3O4/c18-10-3-4-11(8-10)19-15(22)16-20-12-9-21(6-5-13(12)25-16)17(23)14-2-1-7-24-14/h10-11,14H,1-9H2,(H,19,22)/t10-,11-,14?/m1/s1. The zero-order valence-corrected chi connectivity index (χ0v) is 14.0. The second-order valence-corrected chi connectivity index (χ2v) is 6.98. The van der Waals surface area contributed by atoms with Crippen molar-refractivity contribution < 1.29 is 23.1 Å². The number of alkyl halides is 1. The minimum absolute atomic E-state index is 0.00118. The number of hydrogen-bond donors (Lipinski definition) is 1. The normalized spacial score (nSPS) is 28.8. The predicted molar refractivity (Wildman–Crippen MR) is 84.6 cm³/mol. The van der Waals surface area contributed by atoms with Crippen LogP contribution in [-0.2, 0) is 22.5 Å². The summed E-state index contributed by atoms with van der Waals surface area (Å²) in [5, 5.41) is 2.78. The molecule has 1 N–H and O–H groups in total. The molecule has 4 rings (SSSR count). The van der Waals surface area contributed by atoms with Crippen LogP contribution in [0.1, 0.15) is 54.2 Å². The largest absolute Gasteiger partial charge is 0.437 e. The van der Waals surface area contributed by atoms with Crippen molar-refractivity contribution in [3.05, 3.63) is 17.3 Å². The molecule has 2 aliphatic heterocycles. The van der Waals surface area contributed by atoms with Crippen molar-refractivity contribution in [2.75, 3.05) is 13.2 Å². The minimum Gasteiger partial charge on any atom is -0.437 e. The summed E-state index contributed by atoms with van der Waals surface area (Å²) in [5.74, 6) is 0.220. The van der Waals surface area contributed by atoms with Gasteiger partial charge in [0.25, 0.3) is 11.8 Å². The molecule has 0 bridgehead atoms. The van der Waals surface area contributed by atoms with E-state index in [4.69, 9.17) is 9.15 Å². The first-order valence-corrected chi connectivity index (χ1v) is 8.94. The smallest absolute Gasteiger partial charge is 0.307 e. The van der Waals surface area contributed by atoms with Gasteiger partial charge in [-0.1, -0.05) is 0 Å². The van der Waals surface area contributed by atoms with Gasteiger partial charge in [0.1, 0.15) is 23.7 Å². The van der Waals surface area contributed by atoms with Crippen molar-refractivity contribution in [2.24, 2.45) is 0 Å². The highest BCUT2D eigenvalue weighted by Crippen LogP contribution is 2.24. The van der Waals surface area contributed by atoms with Gasteiger partial charge in [-0.25, -0.2) is 9.37 Å². The van der Waals surface area contributed by atoms with E-state index in [2.05, 4.69) is 10.3 Å². The fourth-order valence-electron chi connectivity index (χ4n) is 3.76. The molecule has 1 aromatic rings. The second kappa shape index (κ2) is 6.74. The lowest BCUT2D eigenvalue weighted by atomic mass is 10.1. The molecule has 25 heavy (non-hydrogen) atoms. The van der Waals surface area contributed by atoms with E-state index in [0.717, 1.165) is 12.8 Å². The number of halogens is 1. The van der Waals surface area contributed by atoms with Gasteiger partial charge in [-0.15, -0.1) is 0 Å². The van der Waals surface area contributed by atoms with E-state index in [9.17, 15) is 14.0 Å². The molecular formula is C17H22FN3O4. The molecule has 0 spiro atoms. The maximum absolute atomic E-state index is 13.2. The first-order valence-electron chi connectivity index (χ1n) is 8.94. The number of fused-ring (bicyclic) bond motifs is 1. The summed E-state index contributed by atoms with van der Waals surface area (Å²) in [4.78, 5) is 30.7. The topological polar surface area (TPSA) is 84.7 Å². The highest BCUT2D eigenvalue weighted by molar-refractivity contribution is 5.90. The molecule has 1 unspecified atom stereocenters. The van der Waals surface area contributed by atoms with E-state index in [1.165, 1.54) is 0 Å². The lowest BCUT2D eigenvalue weighted by Crippen LogP contribution is -2.41. The zero-order chi connectivity index (χ0) is 17.4. The van der Waals surface area contributed by atoms with Gasteiger partial charge >= 0.3 is 5.91 Å². The SMILES string of the molecule is O=C(N[C@@H]1CC[C@@H](F)C1)c1nc2c(o1)CCN(C(=O)C1CCCO1)C2. The van der Waals surface area contributed by atoms with Gasteiger partial charge in [-0.2, -0.15) is 0 Å². The van der Waals surface area contributed by atoms with Crippen LogP contribution in [0, 0.1) is 0 Å². The molecule has 1 aromatic heterocycles. The fraction of sp³-hybridized carbons (Fsp3) is 0.706. The van der Waals surface area contributed by atoms with Gasteiger partial charge in [0, 0.05) is 25.6 Å². The van der Waals surface area contributed by atoms with Crippen LogP contribution in [-0.4, -0.2) is 53.2 Å². The van der Waals surface area contributed by atoms with Crippen LogP contribution < -0.4 is 5.32 Å². The van der Waals surface area contributed by atoms with Crippen molar-refractivity contribution in [1.29, 1.82) is 0 Å². The van der Waals surface area contributed by atoms with E-state index >= 15 is 0 Å². The molecule has 1 saturated carbocycles. The Morgan fingerprint density at radius 3 is 2.88 bits per heavy atom. The average molecular weight is 351 g/mol. The van der Waals surface area contributed by atoms with Crippen molar-refractivity contribution in [1.82, 2.24) is 15.2 Å². The summed E-state index contributed by atoms with van der Waals surface area (Å²) in [7, 11) is 0. The van der Waals surface area contributed by atoms with Crippen LogP contribution in [0.3, 0.4) is 0 Å². The zero-order valence-electron chi connectivity index (χ0n) is 14.0. The summed E-state index contributed by atoms with van der Waals surface area (Å²) in [5.41, 5.74) is 0.623. The third-order valence-corrected chi connectivity index (χ3v) is 5.14. The van der Waals surface area contributed by atoms with Crippen molar-refractivity contribution in [2.45, 2.75) is 63.4 Å². The van der Waals surface area contributed by atoms with Gasteiger partial charge in [0.05, 0.1) is 6.54 Å². The molecule has 3 aliphatic rings. The summed E-state index contributed by atoms with van der Waals surface area (Å²) in [6.45, 7) is 1.50.